The topological polar surface area (TPSA) is 9.23 Å². The number of rotatable bonds is 3. The molecule has 0 atom stereocenters. The minimum Gasteiger partial charge on any atom is -0.426 e. The third kappa shape index (κ3) is 2.49. The number of hydrogen-bond donors (Lipinski definition) is 0. The Balaban J connectivity index is 2.14. The van der Waals surface area contributed by atoms with Crippen LogP contribution in [0.25, 0.3) is 0 Å². The van der Waals surface area contributed by atoms with Gasteiger partial charge in [0.2, 0.25) is 0 Å². The predicted octanol–water partition coefficient (Wildman–Crippen LogP) is 3.67. The Bertz CT molecular complexity index is 390. The zero-order valence-corrected chi connectivity index (χ0v) is 12.4. The lowest BCUT2D eigenvalue weighted by molar-refractivity contribution is 0.0375. The van der Waals surface area contributed by atoms with Crippen molar-refractivity contribution in [2.45, 2.75) is 59.4 Å². The molecule has 0 spiro atoms. The first-order valence-electron chi connectivity index (χ1n) is 7.12. The van der Waals surface area contributed by atoms with Gasteiger partial charge in [0.25, 0.3) is 0 Å². The number of benzene rings is 1. The van der Waals surface area contributed by atoms with Crippen LogP contribution in [0, 0.1) is 5.41 Å². The molecule has 0 saturated carbocycles. The first-order chi connectivity index (χ1) is 8.36. The summed E-state index contributed by atoms with van der Waals surface area (Å²) >= 11 is 0. The minimum atomic E-state index is -0.0419. The highest BCUT2D eigenvalue weighted by atomic mass is 16.5. The molecule has 0 amide bonds. The van der Waals surface area contributed by atoms with Crippen molar-refractivity contribution in [2.24, 2.45) is 5.41 Å². The zero-order chi connectivity index (χ0) is 13.4. The number of aryl methyl sites for hydroxylation is 1. The molecule has 2 rings (SSSR count). The summed E-state index contributed by atoms with van der Waals surface area (Å²) < 4.78 is 6.25. The first kappa shape index (κ1) is 13.7. The Morgan fingerprint density at radius 2 is 1.72 bits per heavy atom. The van der Waals surface area contributed by atoms with Gasteiger partial charge in [0.15, 0.2) is 0 Å². The fraction of sp³-hybridized carbons (Fsp3) is 0.625. The fourth-order valence-corrected chi connectivity index (χ4v) is 2.64. The second-order valence-electron chi connectivity index (χ2n) is 6.70. The van der Waals surface area contributed by atoms with E-state index in [0.717, 1.165) is 6.32 Å². The SMILES string of the molecule is CCCc1ccc(B2CC(C)(C)C(C)(C)O2)cc1. The molecule has 0 N–H and O–H groups in total. The van der Waals surface area contributed by atoms with Gasteiger partial charge >= 0.3 is 6.92 Å². The van der Waals surface area contributed by atoms with Gasteiger partial charge in [-0.15, -0.1) is 0 Å². The molecule has 0 aliphatic carbocycles. The molecule has 0 unspecified atom stereocenters. The molecule has 0 bridgehead atoms. The van der Waals surface area contributed by atoms with E-state index in [1.54, 1.807) is 0 Å². The fourth-order valence-electron chi connectivity index (χ4n) is 2.64. The van der Waals surface area contributed by atoms with Crippen molar-refractivity contribution in [1.82, 2.24) is 0 Å². The van der Waals surface area contributed by atoms with Crippen LogP contribution in [-0.2, 0) is 11.1 Å². The van der Waals surface area contributed by atoms with Crippen LogP contribution < -0.4 is 5.46 Å². The summed E-state index contributed by atoms with van der Waals surface area (Å²) in [5.41, 5.74) is 2.95. The Morgan fingerprint density at radius 1 is 1.11 bits per heavy atom. The van der Waals surface area contributed by atoms with Crippen LogP contribution >= 0.6 is 0 Å². The van der Waals surface area contributed by atoms with Gasteiger partial charge in [-0.1, -0.05) is 51.5 Å². The van der Waals surface area contributed by atoms with Crippen LogP contribution in [0.1, 0.15) is 46.6 Å². The first-order valence-corrected chi connectivity index (χ1v) is 7.12. The van der Waals surface area contributed by atoms with E-state index in [1.165, 1.54) is 23.9 Å². The third-order valence-corrected chi connectivity index (χ3v) is 4.65. The molecule has 0 radical (unpaired) electrons. The molecule has 18 heavy (non-hydrogen) atoms. The summed E-state index contributed by atoms with van der Waals surface area (Å²) in [7, 11) is 0. The van der Waals surface area contributed by atoms with Crippen molar-refractivity contribution in [3.05, 3.63) is 29.8 Å². The molecule has 1 fully saturated rings. The summed E-state index contributed by atoms with van der Waals surface area (Å²) in [4.78, 5) is 0. The summed E-state index contributed by atoms with van der Waals surface area (Å²) in [6, 6.07) is 8.99. The molecule has 1 aliphatic heterocycles. The maximum absolute atomic E-state index is 6.25. The Morgan fingerprint density at radius 3 is 2.17 bits per heavy atom. The third-order valence-electron chi connectivity index (χ3n) is 4.65. The van der Waals surface area contributed by atoms with Crippen molar-refractivity contribution >= 4 is 12.4 Å². The zero-order valence-electron chi connectivity index (χ0n) is 12.4. The van der Waals surface area contributed by atoms with Crippen molar-refractivity contribution in [3.63, 3.8) is 0 Å². The normalized spacial score (nSPS) is 21.3. The van der Waals surface area contributed by atoms with E-state index in [9.17, 15) is 0 Å². The summed E-state index contributed by atoms with van der Waals surface area (Å²) in [5.74, 6) is 0. The van der Waals surface area contributed by atoms with E-state index >= 15 is 0 Å². The monoisotopic (exact) mass is 244 g/mol. The Kier molecular flexibility index (Phi) is 3.59. The smallest absolute Gasteiger partial charge is 0.327 e. The summed E-state index contributed by atoms with van der Waals surface area (Å²) in [5, 5.41) is 0. The molecule has 98 valence electrons. The summed E-state index contributed by atoms with van der Waals surface area (Å²) in [6.07, 6.45) is 3.48. The standard InChI is InChI=1S/C16H25BO/c1-6-7-13-8-10-14(11-9-13)17-12-15(2,3)16(4,5)18-17/h8-11H,6-7,12H2,1-5H3. The Labute approximate surface area is 112 Å². The van der Waals surface area contributed by atoms with Gasteiger partial charge in [-0.25, -0.2) is 0 Å². The lowest BCUT2D eigenvalue weighted by atomic mass is 9.54. The van der Waals surface area contributed by atoms with Gasteiger partial charge in [-0.2, -0.15) is 0 Å². The molecule has 1 aromatic rings. The largest absolute Gasteiger partial charge is 0.426 e. The van der Waals surface area contributed by atoms with Crippen molar-refractivity contribution < 1.29 is 4.65 Å². The van der Waals surface area contributed by atoms with Crippen LogP contribution in [-0.4, -0.2) is 12.5 Å². The predicted molar refractivity (Wildman–Crippen MR) is 79.6 cm³/mol. The second kappa shape index (κ2) is 4.73. The van der Waals surface area contributed by atoms with E-state index in [-0.39, 0.29) is 17.9 Å². The van der Waals surface area contributed by atoms with E-state index in [4.69, 9.17) is 4.65 Å². The van der Waals surface area contributed by atoms with Gasteiger partial charge in [-0.3, -0.25) is 0 Å². The van der Waals surface area contributed by atoms with Gasteiger partial charge in [0.1, 0.15) is 0 Å². The molecular weight excluding hydrogens is 219 g/mol. The number of hydrogen-bond acceptors (Lipinski definition) is 1. The summed E-state index contributed by atoms with van der Waals surface area (Å²) in [6.45, 7) is 11.5. The molecule has 1 nitrogen and oxygen atoms in total. The highest BCUT2D eigenvalue weighted by Crippen LogP contribution is 2.44. The van der Waals surface area contributed by atoms with Gasteiger partial charge in [-0.05, 0) is 43.0 Å². The van der Waals surface area contributed by atoms with Crippen LogP contribution in [0.2, 0.25) is 6.32 Å². The van der Waals surface area contributed by atoms with Gasteiger partial charge in [0.05, 0.1) is 5.60 Å². The van der Waals surface area contributed by atoms with Crippen molar-refractivity contribution in [2.75, 3.05) is 0 Å². The van der Waals surface area contributed by atoms with E-state index in [2.05, 4.69) is 58.9 Å². The highest BCUT2D eigenvalue weighted by Gasteiger charge is 2.49. The van der Waals surface area contributed by atoms with Gasteiger partial charge < -0.3 is 4.65 Å². The lowest BCUT2D eigenvalue weighted by Gasteiger charge is -2.34. The maximum atomic E-state index is 6.25. The lowest BCUT2D eigenvalue weighted by Crippen LogP contribution is -2.36. The quantitative estimate of drug-likeness (QED) is 0.737. The Hall–Kier alpha value is -0.755. The molecule has 1 aromatic carbocycles. The molecule has 0 aromatic heterocycles. The minimum absolute atomic E-state index is 0.0419. The maximum Gasteiger partial charge on any atom is 0.327 e. The molecule has 1 heterocycles. The molecular formula is C16H25BO. The van der Waals surface area contributed by atoms with Crippen LogP contribution in [0.4, 0.5) is 0 Å². The van der Waals surface area contributed by atoms with Crippen LogP contribution in [0.5, 0.6) is 0 Å². The molecule has 2 heteroatoms. The van der Waals surface area contributed by atoms with E-state index in [1.807, 2.05) is 0 Å². The van der Waals surface area contributed by atoms with Gasteiger partial charge in [0, 0.05) is 0 Å². The molecule has 1 saturated heterocycles. The average Bonchev–Trinajstić information content (AvgIpc) is 2.50. The highest BCUT2D eigenvalue weighted by molar-refractivity contribution is 6.68. The molecule has 1 aliphatic rings. The second-order valence-corrected chi connectivity index (χ2v) is 6.70. The van der Waals surface area contributed by atoms with Crippen molar-refractivity contribution in [1.29, 1.82) is 0 Å². The van der Waals surface area contributed by atoms with Crippen LogP contribution in [0.15, 0.2) is 24.3 Å². The van der Waals surface area contributed by atoms with Crippen LogP contribution in [0.3, 0.4) is 0 Å². The van der Waals surface area contributed by atoms with E-state index < -0.39 is 0 Å². The van der Waals surface area contributed by atoms with E-state index in [0.29, 0.717) is 0 Å². The van der Waals surface area contributed by atoms with Crippen molar-refractivity contribution in [3.8, 4) is 0 Å². The average molecular weight is 244 g/mol.